The van der Waals surface area contributed by atoms with Gasteiger partial charge in [-0.25, -0.2) is 4.98 Å². The monoisotopic (exact) mass is 403 g/mol. The highest BCUT2D eigenvalue weighted by Crippen LogP contribution is 2.26. The number of anilines is 1. The fourth-order valence-electron chi connectivity index (χ4n) is 2.77. The quantitative estimate of drug-likeness (QED) is 0.575. The number of rotatable bonds is 7. The molecule has 1 N–H and O–H groups in total. The molecule has 3 rings (SSSR count). The number of amides is 1. The van der Waals surface area contributed by atoms with Gasteiger partial charge in [-0.15, -0.1) is 0 Å². The number of benzene rings is 2. The highest BCUT2D eigenvalue weighted by molar-refractivity contribution is 7.99. The summed E-state index contributed by atoms with van der Waals surface area (Å²) in [7, 11) is 0. The zero-order valence-electron chi connectivity index (χ0n) is 15.4. The van der Waals surface area contributed by atoms with Crippen molar-refractivity contribution in [1.29, 1.82) is 0 Å². The average Bonchev–Trinajstić information content (AvgIpc) is 3.09. The lowest BCUT2D eigenvalue weighted by molar-refractivity contribution is -0.113. The molecule has 0 aliphatic rings. The van der Waals surface area contributed by atoms with Gasteiger partial charge in [0.15, 0.2) is 5.16 Å². The van der Waals surface area contributed by atoms with E-state index in [0.29, 0.717) is 5.16 Å². The largest absolute Gasteiger partial charge is 0.433 e. The van der Waals surface area contributed by atoms with Crippen LogP contribution in [0.2, 0.25) is 0 Å². The maximum atomic E-state index is 12.5. The number of para-hydroxylation sites is 2. The summed E-state index contributed by atoms with van der Waals surface area (Å²) in [4.78, 5) is 16.6. The molecule has 0 saturated heterocycles. The van der Waals surface area contributed by atoms with E-state index in [1.807, 2.05) is 36.7 Å². The van der Waals surface area contributed by atoms with E-state index in [1.165, 1.54) is 23.9 Å². The van der Waals surface area contributed by atoms with Gasteiger partial charge >= 0.3 is 6.61 Å². The minimum Gasteiger partial charge on any atom is -0.433 e. The Hall–Kier alpha value is -2.87. The van der Waals surface area contributed by atoms with Crippen LogP contribution in [0.15, 0.2) is 60.0 Å². The lowest BCUT2D eigenvalue weighted by Gasteiger charge is -2.12. The number of nitrogens with one attached hydrogen (secondary N) is 1. The number of hydrogen-bond donors (Lipinski definition) is 1. The van der Waals surface area contributed by atoms with Crippen LogP contribution in [0.5, 0.6) is 5.75 Å². The van der Waals surface area contributed by atoms with E-state index < -0.39 is 6.61 Å². The van der Waals surface area contributed by atoms with E-state index in [0.717, 1.165) is 16.8 Å². The van der Waals surface area contributed by atoms with Crippen LogP contribution in [-0.2, 0) is 4.79 Å². The maximum Gasteiger partial charge on any atom is 0.387 e. The Kier molecular flexibility index (Phi) is 6.30. The molecule has 1 aromatic heterocycles. The number of aryl methyl sites for hydroxylation is 2. The number of imidazole rings is 1. The summed E-state index contributed by atoms with van der Waals surface area (Å²) in [6.07, 6.45) is 3.50. The summed E-state index contributed by atoms with van der Waals surface area (Å²) >= 11 is 1.26. The topological polar surface area (TPSA) is 56.2 Å². The summed E-state index contributed by atoms with van der Waals surface area (Å²) in [5.41, 5.74) is 3.43. The van der Waals surface area contributed by atoms with Gasteiger partial charge in [0, 0.05) is 18.1 Å². The Morgan fingerprint density at radius 3 is 2.64 bits per heavy atom. The molecule has 3 aromatic rings. The molecule has 0 saturated carbocycles. The van der Waals surface area contributed by atoms with Gasteiger partial charge in [0.25, 0.3) is 0 Å². The molecular weight excluding hydrogens is 384 g/mol. The molecule has 0 fully saturated rings. The molecule has 0 aliphatic carbocycles. The predicted octanol–water partition coefficient (Wildman–Crippen LogP) is 4.82. The highest BCUT2D eigenvalue weighted by Gasteiger charge is 2.13. The Labute approximate surface area is 165 Å². The number of aromatic nitrogens is 2. The van der Waals surface area contributed by atoms with Crippen molar-refractivity contribution in [3.05, 3.63) is 66.0 Å². The average molecular weight is 403 g/mol. The Bertz CT molecular complexity index is 955. The minimum absolute atomic E-state index is 0.0742. The molecule has 0 atom stereocenters. The van der Waals surface area contributed by atoms with E-state index in [4.69, 9.17) is 0 Å². The van der Waals surface area contributed by atoms with Crippen molar-refractivity contribution in [3.8, 4) is 11.4 Å². The van der Waals surface area contributed by atoms with Crippen LogP contribution in [0.25, 0.3) is 5.69 Å². The van der Waals surface area contributed by atoms with Crippen LogP contribution < -0.4 is 10.1 Å². The smallest absolute Gasteiger partial charge is 0.387 e. The second kappa shape index (κ2) is 8.88. The number of thioether (sulfide) groups is 1. The first kappa shape index (κ1) is 19.9. The molecule has 28 heavy (non-hydrogen) atoms. The molecule has 0 unspecified atom stereocenters. The van der Waals surface area contributed by atoms with Crippen molar-refractivity contribution in [2.75, 3.05) is 11.1 Å². The number of carbonyl (C=O) groups excluding carboxylic acids is 1. The number of ether oxygens (including phenoxy) is 1. The molecule has 0 aliphatic heterocycles. The zero-order chi connectivity index (χ0) is 20.1. The van der Waals surface area contributed by atoms with Gasteiger partial charge in [-0.2, -0.15) is 8.78 Å². The zero-order valence-corrected chi connectivity index (χ0v) is 16.2. The SMILES string of the molecule is Cc1cc(C)cc(-n2ccnc2SCC(=O)Nc2ccccc2OC(F)F)c1. The third kappa shape index (κ3) is 5.10. The number of halogens is 2. The third-order valence-electron chi connectivity index (χ3n) is 3.80. The molecule has 0 bridgehead atoms. The molecular formula is C20H19F2N3O2S. The number of carbonyl (C=O) groups is 1. The van der Waals surface area contributed by atoms with Crippen LogP contribution in [-0.4, -0.2) is 27.8 Å². The van der Waals surface area contributed by atoms with Crippen molar-refractivity contribution in [1.82, 2.24) is 9.55 Å². The lowest BCUT2D eigenvalue weighted by Crippen LogP contribution is -2.16. The first-order chi connectivity index (χ1) is 13.4. The highest BCUT2D eigenvalue weighted by atomic mass is 32.2. The molecule has 8 heteroatoms. The lowest BCUT2D eigenvalue weighted by atomic mass is 10.1. The second-order valence-electron chi connectivity index (χ2n) is 6.14. The van der Waals surface area contributed by atoms with E-state index in [1.54, 1.807) is 18.3 Å². The fourth-order valence-corrected chi connectivity index (χ4v) is 3.54. The van der Waals surface area contributed by atoms with Gasteiger partial charge in [0.1, 0.15) is 5.75 Å². The molecule has 1 amide bonds. The van der Waals surface area contributed by atoms with E-state index >= 15 is 0 Å². The summed E-state index contributed by atoms with van der Waals surface area (Å²) < 4.78 is 31.3. The van der Waals surface area contributed by atoms with Crippen molar-refractivity contribution in [2.45, 2.75) is 25.6 Å². The Morgan fingerprint density at radius 1 is 1.21 bits per heavy atom. The Balaban J connectivity index is 1.67. The maximum absolute atomic E-state index is 12.5. The molecule has 146 valence electrons. The van der Waals surface area contributed by atoms with Gasteiger partial charge in [0.2, 0.25) is 5.91 Å². The molecule has 2 aromatic carbocycles. The van der Waals surface area contributed by atoms with Crippen LogP contribution in [0.1, 0.15) is 11.1 Å². The Morgan fingerprint density at radius 2 is 1.93 bits per heavy atom. The van der Waals surface area contributed by atoms with Crippen molar-refractivity contribution in [3.63, 3.8) is 0 Å². The van der Waals surface area contributed by atoms with E-state index in [2.05, 4.69) is 21.1 Å². The van der Waals surface area contributed by atoms with E-state index in [9.17, 15) is 13.6 Å². The summed E-state index contributed by atoms with van der Waals surface area (Å²) in [5.74, 6) is -0.344. The first-order valence-electron chi connectivity index (χ1n) is 8.51. The molecule has 1 heterocycles. The molecule has 5 nitrogen and oxygen atoms in total. The number of hydrogen-bond acceptors (Lipinski definition) is 4. The van der Waals surface area contributed by atoms with Gasteiger partial charge in [0.05, 0.1) is 11.4 Å². The van der Waals surface area contributed by atoms with Crippen LogP contribution in [0.3, 0.4) is 0 Å². The standard InChI is InChI=1S/C20H19F2N3O2S/c1-13-9-14(2)11-15(10-13)25-8-7-23-20(25)28-12-18(26)24-16-5-3-4-6-17(16)27-19(21)22/h3-11,19H,12H2,1-2H3,(H,24,26). The summed E-state index contributed by atoms with van der Waals surface area (Å²) in [6, 6.07) is 12.2. The third-order valence-corrected chi connectivity index (χ3v) is 4.77. The second-order valence-corrected chi connectivity index (χ2v) is 7.08. The van der Waals surface area contributed by atoms with Crippen molar-refractivity contribution in [2.24, 2.45) is 0 Å². The van der Waals surface area contributed by atoms with Gasteiger partial charge in [-0.3, -0.25) is 9.36 Å². The van der Waals surface area contributed by atoms with Gasteiger partial charge < -0.3 is 10.1 Å². The number of nitrogens with zero attached hydrogens (tertiary/aromatic N) is 2. The predicted molar refractivity (Wildman–Crippen MR) is 105 cm³/mol. The van der Waals surface area contributed by atoms with Crippen molar-refractivity contribution < 1.29 is 18.3 Å². The number of alkyl halides is 2. The minimum atomic E-state index is -2.96. The normalized spacial score (nSPS) is 10.9. The van der Waals surface area contributed by atoms with Crippen LogP contribution in [0, 0.1) is 13.8 Å². The molecule has 0 spiro atoms. The van der Waals surface area contributed by atoms with Crippen LogP contribution in [0.4, 0.5) is 14.5 Å². The van der Waals surface area contributed by atoms with Crippen LogP contribution >= 0.6 is 11.8 Å². The van der Waals surface area contributed by atoms with Gasteiger partial charge in [-0.1, -0.05) is 30.0 Å². The summed E-state index contributed by atoms with van der Waals surface area (Å²) in [5, 5.41) is 3.26. The van der Waals surface area contributed by atoms with E-state index in [-0.39, 0.29) is 23.1 Å². The van der Waals surface area contributed by atoms with Gasteiger partial charge in [-0.05, 0) is 49.2 Å². The molecule has 0 radical (unpaired) electrons. The first-order valence-corrected chi connectivity index (χ1v) is 9.49. The summed E-state index contributed by atoms with van der Waals surface area (Å²) in [6.45, 7) is 1.08. The fraction of sp³-hybridized carbons (Fsp3) is 0.200. The van der Waals surface area contributed by atoms with Crippen molar-refractivity contribution >= 4 is 23.4 Å².